The predicted octanol–water partition coefficient (Wildman–Crippen LogP) is 6.07. The first kappa shape index (κ1) is 23.2. The van der Waals surface area contributed by atoms with Gasteiger partial charge < -0.3 is 14.8 Å². The molecule has 2 aliphatic carbocycles. The number of nitrogens with one attached hydrogen (secondary N) is 1. The molecule has 0 spiro atoms. The van der Waals surface area contributed by atoms with E-state index in [1.54, 1.807) is 4.90 Å². The zero-order chi connectivity index (χ0) is 24.6. The minimum Gasteiger partial charge on any atom is -0.335 e. The Morgan fingerprint density at radius 2 is 1.69 bits per heavy atom. The number of carbonyl (C=O) groups excluding carboxylic acids is 2. The molecule has 2 heterocycles. The average Bonchev–Trinajstić information content (AvgIpc) is 3.62. The molecule has 3 aromatic rings. The summed E-state index contributed by atoms with van der Waals surface area (Å²) in [4.78, 5) is 31.1. The Kier molecular flexibility index (Phi) is 6.22. The van der Waals surface area contributed by atoms with Crippen LogP contribution in [0.1, 0.15) is 62.2 Å². The van der Waals surface area contributed by atoms with E-state index < -0.39 is 0 Å². The summed E-state index contributed by atoms with van der Waals surface area (Å²) in [5, 5.41) is 3.85. The summed E-state index contributed by atoms with van der Waals surface area (Å²) in [7, 11) is 0. The number of urea groups is 1. The number of benzene rings is 2. The van der Waals surface area contributed by atoms with Crippen molar-refractivity contribution >= 4 is 29.2 Å². The number of amides is 3. The van der Waals surface area contributed by atoms with Gasteiger partial charge in [-0.15, -0.1) is 0 Å². The third-order valence-corrected chi connectivity index (χ3v) is 7.87. The molecule has 0 saturated heterocycles. The molecule has 6 nitrogen and oxygen atoms in total. The summed E-state index contributed by atoms with van der Waals surface area (Å²) < 4.78 is 2.14. The molecule has 2 saturated carbocycles. The molecule has 1 aromatic heterocycles. The Balaban J connectivity index is 1.34. The highest BCUT2D eigenvalue weighted by molar-refractivity contribution is 6.30. The molecule has 7 heteroatoms. The SMILES string of the molecule is O=C(NC1CCCCC1)N(CC(=O)N1c2ccccc2-n2cccc2[C@H]1c1cccc(Cl)c1)C1CC1. The van der Waals surface area contributed by atoms with Gasteiger partial charge in [-0.1, -0.05) is 55.1 Å². The van der Waals surface area contributed by atoms with E-state index in [0.29, 0.717) is 5.02 Å². The lowest BCUT2D eigenvalue weighted by atomic mass is 9.96. The van der Waals surface area contributed by atoms with E-state index >= 15 is 0 Å². The number of rotatable bonds is 5. The number of hydrogen-bond donors (Lipinski definition) is 1. The second-order valence-electron chi connectivity index (χ2n) is 10.2. The maximum Gasteiger partial charge on any atom is 0.318 e. The van der Waals surface area contributed by atoms with Gasteiger partial charge >= 0.3 is 6.03 Å². The Morgan fingerprint density at radius 1 is 0.917 bits per heavy atom. The average molecular weight is 503 g/mol. The van der Waals surface area contributed by atoms with Crippen LogP contribution in [0, 0.1) is 0 Å². The molecule has 2 aromatic carbocycles. The fourth-order valence-corrected chi connectivity index (χ4v) is 5.93. The van der Waals surface area contributed by atoms with E-state index in [0.717, 1.165) is 61.2 Å². The van der Waals surface area contributed by atoms with E-state index in [9.17, 15) is 9.59 Å². The number of nitrogens with zero attached hydrogens (tertiary/aromatic N) is 3. The molecule has 1 atom stereocenters. The zero-order valence-corrected chi connectivity index (χ0v) is 21.0. The van der Waals surface area contributed by atoms with Crippen LogP contribution in [0.25, 0.3) is 5.69 Å². The van der Waals surface area contributed by atoms with Crippen molar-refractivity contribution in [2.24, 2.45) is 0 Å². The fraction of sp³-hybridized carbons (Fsp3) is 0.379. The zero-order valence-electron chi connectivity index (χ0n) is 20.3. The van der Waals surface area contributed by atoms with Crippen LogP contribution in [-0.2, 0) is 4.79 Å². The topological polar surface area (TPSA) is 57.6 Å². The molecule has 1 aliphatic heterocycles. The minimum absolute atomic E-state index is 0.0509. The maximum atomic E-state index is 14.2. The Bertz CT molecular complexity index is 1280. The first-order valence-electron chi connectivity index (χ1n) is 13.0. The van der Waals surface area contributed by atoms with Gasteiger partial charge in [-0.2, -0.15) is 0 Å². The maximum absolute atomic E-state index is 14.2. The van der Waals surface area contributed by atoms with Crippen molar-refractivity contribution in [3.05, 3.63) is 83.1 Å². The fourth-order valence-electron chi connectivity index (χ4n) is 5.73. The lowest BCUT2D eigenvalue weighted by molar-refractivity contribution is -0.119. The van der Waals surface area contributed by atoms with Gasteiger partial charge in [-0.3, -0.25) is 9.69 Å². The van der Waals surface area contributed by atoms with Crippen molar-refractivity contribution in [2.45, 2.75) is 63.1 Å². The van der Waals surface area contributed by atoms with Crippen LogP contribution in [0.15, 0.2) is 66.9 Å². The number of fused-ring (bicyclic) bond motifs is 3. The van der Waals surface area contributed by atoms with Gasteiger partial charge in [0.1, 0.15) is 12.6 Å². The standard InChI is InChI=1S/C29H31ClN4O2/c30-21-9-6-8-20(18-21)28-26-14-7-17-32(26)24-12-4-5-13-25(24)34(28)27(35)19-33(23-15-16-23)29(36)31-22-10-2-1-3-11-22/h4-9,12-14,17-18,22-23,28H,1-3,10-11,15-16,19H2,(H,31,36)/t28-/m1/s1. The summed E-state index contributed by atoms with van der Waals surface area (Å²) >= 11 is 6.39. The normalized spacial score (nSPS) is 19.4. The van der Waals surface area contributed by atoms with Crippen molar-refractivity contribution in [1.29, 1.82) is 0 Å². The van der Waals surface area contributed by atoms with Gasteiger partial charge in [-0.25, -0.2) is 4.79 Å². The lowest BCUT2D eigenvalue weighted by Crippen LogP contribution is -2.51. The van der Waals surface area contributed by atoms with Crippen LogP contribution < -0.4 is 10.2 Å². The Morgan fingerprint density at radius 3 is 2.44 bits per heavy atom. The van der Waals surface area contributed by atoms with Crippen LogP contribution in [0.2, 0.25) is 5.02 Å². The van der Waals surface area contributed by atoms with E-state index in [2.05, 4.69) is 16.0 Å². The molecule has 0 bridgehead atoms. The van der Waals surface area contributed by atoms with Crippen molar-refractivity contribution < 1.29 is 9.59 Å². The highest BCUT2D eigenvalue weighted by Gasteiger charge is 2.40. The third-order valence-electron chi connectivity index (χ3n) is 7.64. The highest BCUT2D eigenvalue weighted by atomic mass is 35.5. The molecule has 1 N–H and O–H groups in total. The molecule has 2 fully saturated rings. The molecular formula is C29H31ClN4O2. The second-order valence-corrected chi connectivity index (χ2v) is 10.6. The summed E-state index contributed by atoms with van der Waals surface area (Å²) in [6, 6.07) is 19.6. The first-order valence-corrected chi connectivity index (χ1v) is 13.4. The van der Waals surface area contributed by atoms with Crippen LogP contribution in [0.3, 0.4) is 0 Å². The quantitative estimate of drug-likeness (QED) is 0.460. The number of halogens is 1. The molecule has 186 valence electrons. The van der Waals surface area contributed by atoms with Gasteiger partial charge in [0.25, 0.3) is 0 Å². The lowest BCUT2D eigenvalue weighted by Gasteiger charge is -2.39. The summed E-state index contributed by atoms with van der Waals surface area (Å²) in [5.41, 5.74) is 3.72. The highest BCUT2D eigenvalue weighted by Crippen LogP contribution is 2.43. The van der Waals surface area contributed by atoms with Gasteiger partial charge in [0.05, 0.1) is 17.1 Å². The smallest absolute Gasteiger partial charge is 0.318 e. The molecule has 36 heavy (non-hydrogen) atoms. The number of aromatic nitrogens is 1. The molecule has 6 rings (SSSR count). The largest absolute Gasteiger partial charge is 0.335 e. The molecular weight excluding hydrogens is 472 g/mol. The van der Waals surface area contributed by atoms with Gasteiger partial charge in [0, 0.05) is 23.3 Å². The van der Waals surface area contributed by atoms with Crippen LogP contribution >= 0.6 is 11.6 Å². The number of anilines is 1. The van der Waals surface area contributed by atoms with E-state index in [-0.39, 0.29) is 36.6 Å². The monoisotopic (exact) mass is 502 g/mol. The summed E-state index contributed by atoms with van der Waals surface area (Å²) in [5.74, 6) is -0.0921. The molecule has 0 radical (unpaired) electrons. The van der Waals surface area contributed by atoms with Crippen molar-refractivity contribution in [3.63, 3.8) is 0 Å². The van der Waals surface area contributed by atoms with E-state index in [1.807, 2.05) is 65.7 Å². The van der Waals surface area contributed by atoms with Crippen LogP contribution in [-0.4, -0.2) is 40.0 Å². The number of carbonyl (C=O) groups is 2. The van der Waals surface area contributed by atoms with Gasteiger partial charge in [0.15, 0.2) is 0 Å². The van der Waals surface area contributed by atoms with Gasteiger partial charge in [-0.05, 0) is 67.6 Å². The molecule has 3 aliphatic rings. The Hall–Kier alpha value is -3.25. The minimum atomic E-state index is -0.344. The van der Waals surface area contributed by atoms with Crippen molar-refractivity contribution in [2.75, 3.05) is 11.4 Å². The van der Waals surface area contributed by atoms with Gasteiger partial charge in [0.2, 0.25) is 5.91 Å². The van der Waals surface area contributed by atoms with Crippen molar-refractivity contribution in [3.8, 4) is 5.69 Å². The third kappa shape index (κ3) is 4.39. The van der Waals surface area contributed by atoms with Crippen molar-refractivity contribution in [1.82, 2.24) is 14.8 Å². The molecule has 0 unspecified atom stereocenters. The summed E-state index contributed by atoms with van der Waals surface area (Å²) in [6.45, 7) is 0.0509. The van der Waals surface area contributed by atoms with E-state index in [4.69, 9.17) is 11.6 Å². The first-order chi connectivity index (χ1) is 17.6. The van der Waals surface area contributed by atoms with E-state index in [1.165, 1.54) is 6.42 Å². The number of hydrogen-bond acceptors (Lipinski definition) is 2. The summed E-state index contributed by atoms with van der Waals surface area (Å²) in [6.07, 6.45) is 9.50. The van der Waals surface area contributed by atoms with Crippen LogP contribution in [0.5, 0.6) is 0 Å². The van der Waals surface area contributed by atoms with Crippen LogP contribution in [0.4, 0.5) is 10.5 Å². The predicted molar refractivity (Wildman–Crippen MR) is 142 cm³/mol. The number of para-hydroxylation sites is 2. The Labute approximate surface area is 216 Å². The molecule has 3 amide bonds. The second kappa shape index (κ2) is 9.66.